The molecule has 1 amide bonds. The van der Waals surface area contributed by atoms with Crippen molar-refractivity contribution in [2.75, 3.05) is 26.2 Å². The van der Waals surface area contributed by atoms with Gasteiger partial charge < -0.3 is 4.90 Å². The molecule has 0 radical (unpaired) electrons. The van der Waals surface area contributed by atoms with Crippen molar-refractivity contribution in [3.8, 4) is 0 Å². The van der Waals surface area contributed by atoms with Crippen molar-refractivity contribution >= 4 is 27.5 Å². The lowest BCUT2D eigenvalue weighted by Crippen LogP contribution is -2.50. The molecule has 2 aromatic carbocycles. The molecule has 0 spiro atoms. The van der Waals surface area contributed by atoms with Crippen LogP contribution in [-0.4, -0.2) is 49.7 Å². The van der Waals surface area contributed by atoms with Crippen LogP contribution in [0.5, 0.6) is 0 Å². The smallest absolute Gasteiger partial charge is 0.243 e. The van der Waals surface area contributed by atoms with Gasteiger partial charge in [0.2, 0.25) is 15.9 Å². The van der Waals surface area contributed by atoms with E-state index in [2.05, 4.69) is 0 Å². The van der Waals surface area contributed by atoms with E-state index in [-0.39, 0.29) is 12.3 Å². The first-order valence-corrected chi connectivity index (χ1v) is 10.7. The molecule has 0 N–H and O–H groups in total. The number of amides is 1. The number of carbonyl (C=O) groups is 1. The number of carbonyl (C=O) groups excluding carboxylic acids is 1. The molecule has 144 valence electrons. The van der Waals surface area contributed by atoms with Gasteiger partial charge in [-0.05, 0) is 37.1 Å². The predicted molar refractivity (Wildman–Crippen MR) is 106 cm³/mol. The minimum Gasteiger partial charge on any atom is -0.340 e. The molecule has 27 heavy (non-hydrogen) atoms. The Hall–Kier alpha value is -1.89. The fraction of sp³-hybridized carbons (Fsp3) is 0.350. The Morgan fingerprint density at radius 3 is 2.33 bits per heavy atom. The summed E-state index contributed by atoms with van der Waals surface area (Å²) in [4.78, 5) is 14.6. The van der Waals surface area contributed by atoms with Crippen LogP contribution in [0.2, 0.25) is 5.02 Å². The van der Waals surface area contributed by atoms with E-state index in [1.807, 2.05) is 44.2 Å². The minimum atomic E-state index is -3.55. The van der Waals surface area contributed by atoms with Gasteiger partial charge in [0.25, 0.3) is 0 Å². The van der Waals surface area contributed by atoms with Crippen molar-refractivity contribution in [3.05, 3.63) is 64.2 Å². The summed E-state index contributed by atoms with van der Waals surface area (Å²) < 4.78 is 27.3. The number of piperazine rings is 1. The highest BCUT2D eigenvalue weighted by Gasteiger charge is 2.31. The van der Waals surface area contributed by atoms with Gasteiger partial charge in [-0.1, -0.05) is 47.5 Å². The number of benzene rings is 2. The lowest BCUT2D eigenvalue weighted by atomic mass is 10.1. The third kappa shape index (κ3) is 4.34. The summed E-state index contributed by atoms with van der Waals surface area (Å²) in [5.41, 5.74) is 2.56. The van der Waals surface area contributed by atoms with Gasteiger partial charge in [0.15, 0.2) is 0 Å². The summed E-state index contributed by atoms with van der Waals surface area (Å²) in [6.07, 6.45) is 0.226. The summed E-state index contributed by atoms with van der Waals surface area (Å²) in [6.45, 7) is 5.10. The van der Waals surface area contributed by atoms with Crippen molar-refractivity contribution in [1.82, 2.24) is 9.21 Å². The predicted octanol–water partition coefficient (Wildman–Crippen LogP) is 3.03. The van der Waals surface area contributed by atoms with E-state index in [9.17, 15) is 13.2 Å². The number of rotatable bonds is 4. The van der Waals surface area contributed by atoms with E-state index >= 15 is 0 Å². The third-order valence-corrected chi connectivity index (χ3v) is 7.27. The quantitative estimate of drug-likeness (QED) is 0.784. The van der Waals surface area contributed by atoms with Crippen LogP contribution in [0, 0.1) is 13.8 Å². The first-order valence-electron chi connectivity index (χ1n) is 8.87. The second-order valence-electron chi connectivity index (χ2n) is 6.82. The van der Waals surface area contributed by atoms with E-state index < -0.39 is 10.0 Å². The Bertz CT molecular complexity index is 951. The largest absolute Gasteiger partial charge is 0.340 e. The summed E-state index contributed by atoms with van der Waals surface area (Å²) in [5.74, 6) is -0.0355. The number of halogens is 1. The SMILES string of the molecule is Cc1ccc(S(=O)(=O)N2CCN(C(=O)Cc3ccccc3Cl)CC2)c(C)c1. The molecule has 0 aromatic heterocycles. The van der Waals surface area contributed by atoms with Crippen molar-refractivity contribution < 1.29 is 13.2 Å². The molecular weight excluding hydrogens is 384 g/mol. The number of sulfonamides is 1. The van der Waals surface area contributed by atoms with E-state index in [0.717, 1.165) is 16.7 Å². The molecule has 1 aliphatic heterocycles. The fourth-order valence-electron chi connectivity index (χ4n) is 3.32. The normalized spacial score (nSPS) is 15.7. The molecule has 1 saturated heterocycles. The zero-order valence-electron chi connectivity index (χ0n) is 15.5. The number of hydrogen-bond donors (Lipinski definition) is 0. The van der Waals surface area contributed by atoms with Crippen LogP contribution < -0.4 is 0 Å². The second-order valence-corrected chi connectivity index (χ2v) is 9.14. The van der Waals surface area contributed by atoms with Crippen molar-refractivity contribution in [2.45, 2.75) is 25.2 Å². The Balaban J connectivity index is 1.66. The average molecular weight is 407 g/mol. The molecule has 0 aliphatic carbocycles. The summed E-state index contributed by atoms with van der Waals surface area (Å²) in [7, 11) is -3.55. The standard InChI is InChI=1S/C20H23ClN2O3S/c1-15-7-8-19(16(2)13-15)27(25,26)23-11-9-22(10-12-23)20(24)14-17-5-3-4-6-18(17)21/h3-8,13H,9-12,14H2,1-2H3. The van der Waals surface area contributed by atoms with E-state index in [1.54, 1.807) is 17.0 Å². The minimum absolute atomic E-state index is 0.0355. The van der Waals surface area contributed by atoms with Crippen LogP contribution in [0.3, 0.4) is 0 Å². The van der Waals surface area contributed by atoms with Crippen molar-refractivity contribution in [1.29, 1.82) is 0 Å². The summed E-state index contributed by atoms with van der Waals surface area (Å²) in [5, 5.41) is 0.571. The Morgan fingerprint density at radius 2 is 1.70 bits per heavy atom. The lowest BCUT2D eigenvalue weighted by Gasteiger charge is -2.34. The summed E-state index contributed by atoms with van der Waals surface area (Å²) >= 11 is 6.13. The van der Waals surface area contributed by atoms with Crippen LogP contribution in [0.15, 0.2) is 47.4 Å². The Kier molecular flexibility index (Phi) is 5.89. The van der Waals surface area contributed by atoms with E-state index in [0.29, 0.717) is 36.1 Å². The molecule has 3 rings (SSSR count). The van der Waals surface area contributed by atoms with E-state index in [4.69, 9.17) is 11.6 Å². The molecule has 5 nitrogen and oxygen atoms in total. The number of aryl methyl sites for hydroxylation is 2. The van der Waals surface area contributed by atoms with Gasteiger partial charge in [0.05, 0.1) is 11.3 Å². The van der Waals surface area contributed by atoms with Crippen molar-refractivity contribution in [3.63, 3.8) is 0 Å². The molecule has 0 bridgehead atoms. The summed E-state index contributed by atoms with van der Waals surface area (Å²) in [6, 6.07) is 12.6. The highest BCUT2D eigenvalue weighted by atomic mass is 35.5. The maximum absolute atomic E-state index is 12.9. The van der Waals surface area contributed by atoms with Crippen LogP contribution in [0.25, 0.3) is 0 Å². The van der Waals surface area contributed by atoms with E-state index in [1.165, 1.54) is 4.31 Å². The molecule has 1 fully saturated rings. The third-order valence-electron chi connectivity index (χ3n) is 4.84. The Labute approximate surface area is 165 Å². The van der Waals surface area contributed by atoms with Gasteiger partial charge in [0.1, 0.15) is 0 Å². The molecule has 1 heterocycles. The molecule has 7 heteroatoms. The van der Waals surface area contributed by atoms with Crippen LogP contribution in [0.1, 0.15) is 16.7 Å². The highest BCUT2D eigenvalue weighted by Crippen LogP contribution is 2.23. The molecule has 2 aromatic rings. The second kappa shape index (κ2) is 8.00. The van der Waals surface area contributed by atoms with Crippen LogP contribution >= 0.6 is 11.6 Å². The molecular formula is C20H23ClN2O3S. The lowest BCUT2D eigenvalue weighted by molar-refractivity contribution is -0.131. The fourth-order valence-corrected chi connectivity index (χ4v) is 5.15. The van der Waals surface area contributed by atoms with Crippen LogP contribution in [-0.2, 0) is 21.2 Å². The van der Waals surface area contributed by atoms with Gasteiger partial charge >= 0.3 is 0 Å². The highest BCUT2D eigenvalue weighted by molar-refractivity contribution is 7.89. The van der Waals surface area contributed by atoms with Crippen molar-refractivity contribution in [2.24, 2.45) is 0 Å². The zero-order chi connectivity index (χ0) is 19.6. The first kappa shape index (κ1) is 19.9. The average Bonchev–Trinajstić information content (AvgIpc) is 2.63. The van der Waals surface area contributed by atoms with Gasteiger partial charge in [-0.15, -0.1) is 0 Å². The zero-order valence-corrected chi connectivity index (χ0v) is 17.1. The number of hydrogen-bond acceptors (Lipinski definition) is 3. The number of nitrogens with zero attached hydrogens (tertiary/aromatic N) is 2. The van der Waals surface area contributed by atoms with Gasteiger partial charge in [-0.3, -0.25) is 4.79 Å². The van der Waals surface area contributed by atoms with Gasteiger partial charge in [-0.25, -0.2) is 8.42 Å². The Morgan fingerprint density at radius 1 is 1.04 bits per heavy atom. The molecule has 0 unspecified atom stereocenters. The molecule has 0 saturated carbocycles. The van der Waals surface area contributed by atoms with Crippen LogP contribution in [0.4, 0.5) is 0 Å². The first-order chi connectivity index (χ1) is 12.8. The molecule has 1 aliphatic rings. The monoisotopic (exact) mass is 406 g/mol. The van der Waals surface area contributed by atoms with Gasteiger partial charge in [0, 0.05) is 31.2 Å². The molecule has 0 atom stereocenters. The maximum Gasteiger partial charge on any atom is 0.243 e. The maximum atomic E-state index is 12.9. The van der Waals surface area contributed by atoms with Gasteiger partial charge in [-0.2, -0.15) is 4.31 Å². The topological polar surface area (TPSA) is 57.7 Å².